The van der Waals surface area contributed by atoms with Crippen LogP contribution >= 0.6 is 0 Å². The highest BCUT2D eigenvalue weighted by atomic mass is 16.8. The second kappa shape index (κ2) is 10.9. The standard InChI is InChI=1S/C31H48N4O6/c1-27(35-6)17-22(34-5)25(28(2)26(27)40-30(41-28)15-11-8-12-16-30)39-31(20-32-3)18-21(33-4)24-23(37-31)19-36-29(38-24)13-9-7-10-14-29/h21-26H,3-20H2,1-2H3/t21?,22?,23?,24-,25+,26?,27?,28+,31?/m0/s1. The number of hydrogen-bond acceptors (Lipinski definition) is 10. The summed E-state index contributed by atoms with van der Waals surface area (Å²) in [5, 5.41) is 0. The van der Waals surface area contributed by atoms with Crippen LogP contribution in [0.15, 0.2) is 20.0 Å². The molecule has 2 spiro atoms. The number of rotatable bonds is 7. The molecule has 3 saturated heterocycles. The molecule has 6 unspecified atom stereocenters. The summed E-state index contributed by atoms with van der Waals surface area (Å²) in [4.78, 5) is 18.0. The monoisotopic (exact) mass is 572 g/mol. The molecule has 0 aromatic rings. The van der Waals surface area contributed by atoms with Crippen LogP contribution in [0.4, 0.5) is 0 Å². The van der Waals surface area contributed by atoms with Crippen LogP contribution in [-0.2, 0) is 28.4 Å². The SMILES string of the molecule is C=NCC1(O[C@@H]2C(N=C)CC(C)(N=C)C3OC4(CCCCC4)O[C@@]32C)CC(N=C)[C@@H]2OC3(CCCCC3)OCC2O1. The van der Waals surface area contributed by atoms with Crippen molar-refractivity contribution in [3.05, 3.63) is 0 Å². The Bertz CT molecular complexity index is 1030. The summed E-state index contributed by atoms with van der Waals surface area (Å²) >= 11 is 0. The fourth-order valence-electron chi connectivity index (χ4n) is 8.61. The van der Waals surface area contributed by atoms with Gasteiger partial charge in [-0.25, -0.2) is 0 Å². The first kappa shape index (κ1) is 29.5. The summed E-state index contributed by atoms with van der Waals surface area (Å²) < 4.78 is 40.8. The average molecular weight is 573 g/mol. The van der Waals surface area contributed by atoms with E-state index in [1.54, 1.807) is 0 Å². The van der Waals surface area contributed by atoms with Gasteiger partial charge in [-0.15, -0.1) is 0 Å². The molecule has 3 saturated carbocycles. The topological polar surface area (TPSA) is 105 Å². The zero-order valence-corrected chi connectivity index (χ0v) is 24.9. The molecule has 10 nitrogen and oxygen atoms in total. The molecule has 3 aliphatic heterocycles. The van der Waals surface area contributed by atoms with Crippen molar-refractivity contribution >= 4 is 26.9 Å². The Kier molecular flexibility index (Phi) is 7.82. The van der Waals surface area contributed by atoms with Gasteiger partial charge in [0.15, 0.2) is 17.4 Å². The average Bonchev–Trinajstić information content (AvgIpc) is 3.28. The van der Waals surface area contributed by atoms with E-state index in [0.29, 0.717) is 19.4 Å². The molecule has 41 heavy (non-hydrogen) atoms. The highest BCUT2D eigenvalue weighted by Gasteiger charge is 2.69. The Labute approximate surface area is 244 Å². The summed E-state index contributed by atoms with van der Waals surface area (Å²) in [6.07, 6.45) is 9.53. The van der Waals surface area contributed by atoms with Crippen molar-refractivity contribution in [2.45, 2.75) is 156 Å². The molecular weight excluding hydrogens is 524 g/mol. The highest BCUT2D eigenvalue weighted by molar-refractivity contribution is 5.32. The van der Waals surface area contributed by atoms with Gasteiger partial charge in [0, 0.05) is 32.1 Å². The van der Waals surface area contributed by atoms with Gasteiger partial charge in [-0.2, -0.15) is 0 Å². The van der Waals surface area contributed by atoms with Gasteiger partial charge in [0.2, 0.25) is 0 Å². The van der Waals surface area contributed by atoms with Crippen molar-refractivity contribution < 1.29 is 28.4 Å². The van der Waals surface area contributed by atoms with Crippen LogP contribution in [-0.4, -0.2) is 105 Å². The van der Waals surface area contributed by atoms with Crippen LogP contribution in [0, 0.1) is 0 Å². The zero-order valence-electron chi connectivity index (χ0n) is 24.9. The third-order valence-corrected chi connectivity index (χ3v) is 10.6. The first-order valence-corrected chi connectivity index (χ1v) is 15.5. The Morgan fingerprint density at radius 2 is 1.44 bits per heavy atom. The Hall–Kier alpha value is -1.56. The van der Waals surface area contributed by atoms with Crippen LogP contribution in [0.2, 0.25) is 0 Å². The van der Waals surface area contributed by atoms with Crippen molar-refractivity contribution in [2.24, 2.45) is 20.0 Å². The molecule has 10 heteroatoms. The van der Waals surface area contributed by atoms with Crippen molar-refractivity contribution in [3.63, 3.8) is 0 Å². The Morgan fingerprint density at radius 3 is 2.05 bits per heavy atom. The predicted molar refractivity (Wildman–Crippen MR) is 158 cm³/mol. The molecule has 3 aliphatic carbocycles. The van der Waals surface area contributed by atoms with Gasteiger partial charge in [0.1, 0.15) is 30.0 Å². The summed E-state index contributed by atoms with van der Waals surface area (Å²) in [5.74, 6) is -2.38. The van der Waals surface area contributed by atoms with Gasteiger partial charge in [-0.05, 0) is 72.8 Å². The van der Waals surface area contributed by atoms with Gasteiger partial charge >= 0.3 is 0 Å². The van der Waals surface area contributed by atoms with E-state index in [-0.39, 0.29) is 36.9 Å². The van der Waals surface area contributed by atoms with Crippen molar-refractivity contribution in [1.82, 2.24) is 0 Å². The summed E-state index contributed by atoms with van der Waals surface area (Å²) in [6.45, 7) is 20.4. The smallest absolute Gasteiger partial charge is 0.191 e. The van der Waals surface area contributed by atoms with Crippen LogP contribution in [0.5, 0.6) is 0 Å². The van der Waals surface area contributed by atoms with Gasteiger partial charge in [0.05, 0.1) is 30.8 Å². The molecule has 0 aromatic carbocycles. The van der Waals surface area contributed by atoms with Gasteiger partial charge in [-0.1, -0.05) is 12.8 Å². The zero-order chi connectivity index (χ0) is 28.9. The first-order valence-electron chi connectivity index (χ1n) is 15.5. The third kappa shape index (κ3) is 4.96. The minimum atomic E-state index is -1.15. The predicted octanol–water partition coefficient (Wildman–Crippen LogP) is 4.47. The number of fused-ring (bicyclic) bond motifs is 2. The lowest BCUT2D eigenvalue weighted by Gasteiger charge is -2.56. The van der Waals surface area contributed by atoms with Crippen LogP contribution in [0.3, 0.4) is 0 Å². The molecule has 0 N–H and O–H groups in total. The molecule has 0 aromatic heterocycles. The fourth-order valence-corrected chi connectivity index (χ4v) is 8.61. The molecule has 9 atom stereocenters. The molecule has 0 bridgehead atoms. The van der Waals surface area contributed by atoms with Crippen molar-refractivity contribution in [2.75, 3.05) is 13.2 Å². The summed E-state index contributed by atoms with van der Waals surface area (Å²) in [7, 11) is 0. The quantitative estimate of drug-likeness (QED) is 0.417. The molecule has 6 fully saturated rings. The minimum Gasteiger partial charge on any atom is -0.347 e. The van der Waals surface area contributed by atoms with Crippen molar-refractivity contribution in [1.29, 1.82) is 0 Å². The van der Waals surface area contributed by atoms with Crippen LogP contribution in [0.1, 0.15) is 90.9 Å². The second-order valence-corrected chi connectivity index (χ2v) is 13.5. The molecule has 0 amide bonds. The fraction of sp³-hybridized carbons (Fsp3) is 0.871. The van der Waals surface area contributed by atoms with E-state index in [9.17, 15) is 0 Å². The maximum atomic E-state index is 7.11. The number of hydrogen-bond donors (Lipinski definition) is 0. The van der Waals surface area contributed by atoms with E-state index in [1.807, 2.05) is 0 Å². The molecule has 228 valence electrons. The van der Waals surface area contributed by atoms with E-state index in [0.717, 1.165) is 51.4 Å². The third-order valence-electron chi connectivity index (χ3n) is 10.6. The Morgan fingerprint density at radius 1 is 0.780 bits per heavy atom. The van der Waals surface area contributed by atoms with E-state index >= 15 is 0 Å². The van der Waals surface area contributed by atoms with Gasteiger partial charge < -0.3 is 28.4 Å². The van der Waals surface area contributed by atoms with E-state index in [4.69, 9.17) is 28.4 Å². The lowest BCUT2D eigenvalue weighted by Crippen LogP contribution is -2.70. The van der Waals surface area contributed by atoms with E-state index in [2.05, 4.69) is 60.7 Å². The highest BCUT2D eigenvalue weighted by Crippen LogP contribution is 2.56. The van der Waals surface area contributed by atoms with Gasteiger partial charge in [0.25, 0.3) is 0 Å². The minimum absolute atomic E-state index is 0.206. The molecule has 3 heterocycles. The molecule has 0 radical (unpaired) electrons. The van der Waals surface area contributed by atoms with E-state index in [1.165, 1.54) is 12.8 Å². The lowest BCUT2D eigenvalue weighted by molar-refractivity contribution is -0.399. The van der Waals surface area contributed by atoms with Crippen LogP contribution in [0.25, 0.3) is 0 Å². The summed E-state index contributed by atoms with van der Waals surface area (Å²) in [6, 6.07) is -0.595. The van der Waals surface area contributed by atoms with Gasteiger partial charge in [-0.3, -0.25) is 20.0 Å². The molecular formula is C31H48N4O6. The van der Waals surface area contributed by atoms with Crippen molar-refractivity contribution in [3.8, 4) is 0 Å². The number of ether oxygens (including phenoxy) is 6. The Balaban J connectivity index is 1.32. The number of nitrogens with zero attached hydrogens (tertiary/aromatic N) is 4. The first-order chi connectivity index (χ1) is 19.7. The molecule has 6 aliphatic rings. The van der Waals surface area contributed by atoms with Crippen LogP contribution < -0.4 is 0 Å². The lowest BCUT2D eigenvalue weighted by atomic mass is 9.68. The second-order valence-electron chi connectivity index (χ2n) is 13.5. The maximum absolute atomic E-state index is 7.11. The number of aliphatic imine (C=N–C) groups is 4. The summed E-state index contributed by atoms with van der Waals surface area (Å²) in [5.41, 5.74) is -1.50. The maximum Gasteiger partial charge on any atom is 0.191 e. The molecule has 6 rings (SSSR count). The largest absolute Gasteiger partial charge is 0.347 e. The normalized spacial score (nSPS) is 46.8. The van der Waals surface area contributed by atoms with E-state index < -0.39 is 34.6 Å².